The Morgan fingerprint density at radius 3 is 2.72 bits per heavy atom. The molecule has 0 radical (unpaired) electrons. The highest BCUT2D eigenvalue weighted by atomic mass is 16.5. The first-order valence-electron chi connectivity index (χ1n) is 14.2. The van der Waals surface area contributed by atoms with Gasteiger partial charge >= 0.3 is 0 Å². The average Bonchev–Trinajstić information content (AvgIpc) is 3.40. The molecular formula is C30H43N3O3. The van der Waals surface area contributed by atoms with Crippen LogP contribution in [0.5, 0.6) is 0 Å². The van der Waals surface area contributed by atoms with Gasteiger partial charge in [-0.05, 0) is 105 Å². The maximum atomic E-state index is 13.8. The Kier molecular flexibility index (Phi) is 5.88. The van der Waals surface area contributed by atoms with Gasteiger partial charge in [0.25, 0.3) is 0 Å². The molecule has 0 spiro atoms. The minimum atomic E-state index is -0.532. The number of hydrogen-bond acceptors (Lipinski definition) is 5. The number of aliphatic hydroxyl groups is 1. The number of nitrogens with zero attached hydrogens (tertiary/aromatic N) is 3. The fourth-order valence-electron chi connectivity index (χ4n) is 9.78. The number of Topliss-reactive ketones (excluding diaryl/α,β-unsaturated/α-hetero) is 1. The van der Waals surface area contributed by atoms with Crippen LogP contribution < -0.4 is 0 Å². The van der Waals surface area contributed by atoms with Crippen molar-refractivity contribution in [3.05, 3.63) is 24.7 Å². The molecule has 4 saturated carbocycles. The fourth-order valence-corrected chi connectivity index (χ4v) is 9.78. The first-order valence-corrected chi connectivity index (χ1v) is 14.2. The van der Waals surface area contributed by atoms with Gasteiger partial charge in [0.1, 0.15) is 5.52 Å². The molecule has 9 atom stereocenters. The van der Waals surface area contributed by atoms with Gasteiger partial charge in [-0.3, -0.25) is 14.5 Å². The quantitative estimate of drug-likeness (QED) is 0.613. The second-order valence-electron chi connectivity index (χ2n) is 13.5. The van der Waals surface area contributed by atoms with E-state index in [2.05, 4.69) is 23.9 Å². The minimum Gasteiger partial charge on any atom is -0.390 e. The van der Waals surface area contributed by atoms with E-state index < -0.39 is 5.60 Å². The average molecular weight is 494 g/mol. The van der Waals surface area contributed by atoms with E-state index in [4.69, 9.17) is 4.74 Å². The van der Waals surface area contributed by atoms with Crippen molar-refractivity contribution >= 4 is 16.7 Å². The van der Waals surface area contributed by atoms with Crippen molar-refractivity contribution in [2.24, 2.45) is 46.3 Å². The molecule has 0 saturated heterocycles. The van der Waals surface area contributed by atoms with E-state index in [-0.39, 0.29) is 11.3 Å². The van der Waals surface area contributed by atoms with Gasteiger partial charge in [-0.25, -0.2) is 0 Å². The lowest BCUT2D eigenvalue weighted by molar-refractivity contribution is -0.175. The predicted molar refractivity (Wildman–Crippen MR) is 139 cm³/mol. The fraction of sp³-hybridized carbons (Fsp3) is 0.767. The Hall–Kier alpha value is -1.79. The first-order chi connectivity index (χ1) is 17.1. The van der Waals surface area contributed by atoms with Crippen LogP contribution in [0.3, 0.4) is 0 Å². The summed E-state index contributed by atoms with van der Waals surface area (Å²) in [7, 11) is 1.84. The summed E-state index contributed by atoms with van der Waals surface area (Å²) in [6.07, 6.45) is 14.1. The molecule has 36 heavy (non-hydrogen) atoms. The van der Waals surface area contributed by atoms with Crippen LogP contribution in [0.4, 0.5) is 0 Å². The van der Waals surface area contributed by atoms with Gasteiger partial charge in [0.2, 0.25) is 0 Å². The third-order valence-corrected chi connectivity index (χ3v) is 11.6. The molecule has 4 aliphatic rings. The summed E-state index contributed by atoms with van der Waals surface area (Å²) in [6.45, 7) is 8.15. The molecule has 2 heterocycles. The van der Waals surface area contributed by atoms with E-state index >= 15 is 0 Å². The van der Waals surface area contributed by atoms with E-state index in [9.17, 15) is 9.90 Å². The van der Waals surface area contributed by atoms with Crippen molar-refractivity contribution in [2.45, 2.75) is 84.3 Å². The number of methoxy groups -OCH3 is 1. The Bertz CT molecular complexity index is 1110. The molecule has 0 amide bonds. The lowest BCUT2D eigenvalue weighted by Crippen LogP contribution is -2.59. The second-order valence-corrected chi connectivity index (χ2v) is 13.5. The van der Waals surface area contributed by atoms with Crippen LogP contribution in [-0.4, -0.2) is 45.0 Å². The van der Waals surface area contributed by atoms with Crippen molar-refractivity contribution in [2.75, 3.05) is 13.7 Å². The summed E-state index contributed by atoms with van der Waals surface area (Å²) in [6, 6.07) is 1.95. The molecule has 0 bridgehead atoms. The third-order valence-electron chi connectivity index (χ3n) is 11.6. The molecule has 2 aromatic rings. The van der Waals surface area contributed by atoms with E-state index in [1.54, 1.807) is 12.4 Å². The summed E-state index contributed by atoms with van der Waals surface area (Å²) in [5.74, 6) is 3.40. The summed E-state index contributed by atoms with van der Waals surface area (Å²) >= 11 is 0. The zero-order valence-electron chi connectivity index (χ0n) is 22.4. The van der Waals surface area contributed by atoms with Gasteiger partial charge in [-0.2, -0.15) is 5.10 Å². The van der Waals surface area contributed by atoms with Gasteiger partial charge in [0.15, 0.2) is 5.78 Å². The lowest BCUT2D eigenvalue weighted by Gasteiger charge is -2.64. The van der Waals surface area contributed by atoms with Crippen molar-refractivity contribution in [1.29, 1.82) is 0 Å². The van der Waals surface area contributed by atoms with Crippen LogP contribution >= 0.6 is 0 Å². The number of fused-ring (bicyclic) bond motifs is 6. The first kappa shape index (κ1) is 24.5. The predicted octanol–water partition coefficient (Wildman–Crippen LogP) is 5.28. The molecule has 1 N–H and O–H groups in total. The maximum absolute atomic E-state index is 13.8. The standard InChI is InChI=1S/C30H43N3O3/c1-28(35)10-11-29(2)21(14-28)13-20(18-36-4)27-23-6-5-22(30(23,3)9-7-24(27)29)26(34)17-33-16-19-8-12-31-15-25(19)32-33/h8,12,15-16,20-24,27,35H,5-7,9-11,13-14,17-18H2,1-4H3/t20-,21+,22-,23+,24+,27+,28-,29+,30-/m1/s1. The van der Waals surface area contributed by atoms with E-state index in [0.717, 1.165) is 62.5 Å². The molecule has 6 heteroatoms. The zero-order valence-corrected chi connectivity index (χ0v) is 22.4. The van der Waals surface area contributed by atoms with Crippen LogP contribution in [-0.2, 0) is 16.1 Å². The van der Waals surface area contributed by atoms with Crippen molar-refractivity contribution in [1.82, 2.24) is 14.8 Å². The highest BCUT2D eigenvalue weighted by molar-refractivity contribution is 5.83. The number of carbonyl (C=O) groups excluding carboxylic acids is 1. The number of pyridine rings is 1. The molecule has 0 aromatic carbocycles. The lowest BCUT2D eigenvalue weighted by atomic mass is 9.42. The summed E-state index contributed by atoms with van der Waals surface area (Å²) in [5.41, 5.74) is 0.668. The van der Waals surface area contributed by atoms with E-state index in [1.807, 2.05) is 31.0 Å². The highest BCUT2D eigenvalue weighted by Crippen LogP contribution is 2.69. The Labute approximate surface area is 215 Å². The molecule has 2 aromatic heterocycles. The monoisotopic (exact) mass is 493 g/mol. The number of rotatable bonds is 5. The molecule has 4 fully saturated rings. The molecule has 0 aliphatic heterocycles. The number of ether oxygens (including phenoxy) is 1. The molecular weight excluding hydrogens is 450 g/mol. The number of carbonyl (C=O) groups is 1. The molecule has 196 valence electrons. The van der Waals surface area contributed by atoms with E-state index in [1.165, 1.54) is 6.42 Å². The molecule has 6 nitrogen and oxygen atoms in total. The minimum absolute atomic E-state index is 0.0573. The highest BCUT2D eigenvalue weighted by Gasteiger charge is 2.63. The second kappa shape index (κ2) is 8.62. The van der Waals surface area contributed by atoms with Crippen LogP contribution in [0, 0.1) is 46.3 Å². The van der Waals surface area contributed by atoms with E-state index in [0.29, 0.717) is 47.3 Å². The smallest absolute Gasteiger partial charge is 0.157 e. The summed E-state index contributed by atoms with van der Waals surface area (Å²) < 4.78 is 7.64. The maximum Gasteiger partial charge on any atom is 0.157 e. The van der Waals surface area contributed by atoms with Gasteiger partial charge in [-0.15, -0.1) is 0 Å². The van der Waals surface area contributed by atoms with Crippen LogP contribution in [0.15, 0.2) is 24.7 Å². The van der Waals surface area contributed by atoms with Gasteiger partial charge < -0.3 is 9.84 Å². The van der Waals surface area contributed by atoms with Crippen molar-refractivity contribution < 1.29 is 14.6 Å². The zero-order chi connectivity index (χ0) is 25.3. The Morgan fingerprint density at radius 1 is 1.14 bits per heavy atom. The number of aromatic nitrogens is 3. The van der Waals surface area contributed by atoms with Crippen molar-refractivity contribution in [3.63, 3.8) is 0 Å². The van der Waals surface area contributed by atoms with Crippen LogP contribution in [0.2, 0.25) is 0 Å². The molecule has 6 rings (SSSR count). The molecule has 4 aliphatic carbocycles. The van der Waals surface area contributed by atoms with Gasteiger partial charge in [0.05, 0.1) is 18.3 Å². The van der Waals surface area contributed by atoms with Crippen molar-refractivity contribution in [3.8, 4) is 0 Å². The normalized spacial score (nSPS) is 44.1. The van der Waals surface area contributed by atoms with Gasteiger partial charge in [-0.1, -0.05) is 13.8 Å². The van der Waals surface area contributed by atoms with Gasteiger partial charge in [0, 0.05) is 37.4 Å². The van der Waals surface area contributed by atoms with Crippen LogP contribution in [0.1, 0.15) is 72.1 Å². The SMILES string of the molecule is COC[C@H]1C[C@H]2C[C@](C)(O)CC[C@]2(C)[C@H]2CC[C@]3(C)[C@@H](C(=O)Cn4cc5ccncc5n4)CC[C@H]3[C@H]12. The largest absolute Gasteiger partial charge is 0.390 e. The third kappa shape index (κ3) is 3.77. The number of ketones is 1. The Balaban J connectivity index is 1.26. The number of hydrogen-bond donors (Lipinski definition) is 1. The Morgan fingerprint density at radius 2 is 1.94 bits per heavy atom. The summed E-state index contributed by atoms with van der Waals surface area (Å²) in [5, 5.41) is 16.6. The molecule has 0 unspecified atom stereocenters. The summed E-state index contributed by atoms with van der Waals surface area (Å²) in [4.78, 5) is 17.9. The topological polar surface area (TPSA) is 77.2 Å². The van der Waals surface area contributed by atoms with Crippen LogP contribution in [0.25, 0.3) is 10.9 Å².